The summed E-state index contributed by atoms with van der Waals surface area (Å²) in [5, 5.41) is 0.617. The topological polar surface area (TPSA) is 39.2 Å². The highest BCUT2D eigenvalue weighted by Crippen LogP contribution is 2.22. The van der Waals surface area contributed by atoms with Crippen LogP contribution in [0.1, 0.15) is 15.9 Å². The number of carbonyl (C=O) groups is 1. The zero-order valence-corrected chi connectivity index (χ0v) is 9.94. The lowest BCUT2D eigenvalue weighted by atomic mass is 10.2. The predicted octanol–water partition coefficient (Wildman–Crippen LogP) is 3.26. The molecule has 0 unspecified atom stereocenters. The SMILES string of the molecule is Cc1cc(Cl)ccc1OC(=O)c1ccncc1. The average Bonchev–Trinajstić information content (AvgIpc) is 2.34. The second-order valence-electron chi connectivity index (χ2n) is 3.54. The highest BCUT2D eigenvalue weighted by Gasteiger charge is 2.09. The summed E-state index contributed by atoms with van der Waals surface area (Å²) in [7, 11) is 0. The summed E-state index contributed by atoms with van der Waals surface area (Å²) in [4.78, 5) is 15.6. The maximum absolute atomic E-state index is 11.8. The number of nitrogens with zero attached hydrogens (tertiary/aromatic N) is 1. The van der Waals surface area contributed by atoms with E-state index in [1.165, 1.54) is 0 Å². The number of rotatable bonds is 2. The van der Waals surface area contributed by atoms with Crippen molar-refractivity contribution in [2.45, 2.75) is 6.92 Å². The Morgan fingerprint density at radius 1 is 1.24 bits per heavy atom. The fourth-order valence-electron chi connectivity index (χ4n) is 1.37. The molecule has 0 atom stereocenters. The van der Waals surface area contributed by atoms with Crippen LogP contribution in [0.15, 0.2) is 42.7 Å². The van der Waals surface area contributed by atoms with Crippen molar-refractivity contribution in [3.63, 3.8) is 0 Å². The molecule has 1 aromatic heterocycles. The van der Waals surface area contributed by atoms with Crippen LogP contribution in [0.3, 0.4) is 0 Å². The van der Waals surface area contributed by atoms with Gasteiger partial charge in [0.2, 0.25) is 0 Å². The Kier molecular flexibility index (Phi) is 3.40. The van der Waals surface area contributed by atoms with E-state index >= 15 is 0 Å². The first-order valence-corrected chi connectivity index (χ1v) is 5.43. The molecule has 17 heavy (non-hydrogen) atoms. The number of esters is 1. The number of hydrogen-bond acceptors (Lipinski definition) is 3. The standard InChI is InChI=1S/C13H10ClNO2/c1-9-8-11(14)2-3-12(9)17-13(16)10-4-6-15-7-5-10/h2-8H,1H3. The molecular weight excluding hydrogens is 238 g/mol. The third-order valence-corrected chi connectivity index (χ3v) is 2.49. The smallest absolute Gasteiger partial charge is 0.343 e. The largest absolute Gasteiger partial charge is 0.423 e. The first kappa shape index (κ1) is 11.6. The molecule has 0 aliphatic heterocycles. The quantitative estimate of drug-likeness (QED) is 0.604. The highest BCUT2D eigenvalue weighted by molar-refractivity contribution is 6.30. The molecule has 3 nitrogen and oxygen atoms in total. The van der Waals surface area contributed by atoms with Crippen LogP contribution in [-0.2, 0) is 0 Å². The van der Waals surface area contributed by atoms with Gasteiger partial charge >= 0.3 is 5.97 Å². The Hall–Kier alpha value is -1.87. The molecule has 2 rings (SSSR count). The number of ether oxygens (including phenoxy) is 1. The maximum Gasteiger partial charge on any atom is 0.343 e. The second kappa shape index (κ2) is 4.97. The molecule has 0 amide bonds. The van der Waals surface area contributed by atoms with Crippen LogP contribution >= 0.6 is 11.6 Å². The van der Waals surface area contributed by atoms with Crippen molar-refractivity contribution in [2.75, 3.05) is 0 Å². The molecule has 86 valence electrons. The van der Waals surface area contributed by atoms with E-state index in [4.69, 9.17) is 16.3 Å². The van der Waals surface area contributed by atoms with Gasteiger partial charge in [0.1, 0.15) is 5.75 Å². The first-order valence-electron chi connectivity index (χ1n) is 5.05. The summed E-state index contributed by atoms with van der Waals surface area (Å²) >= 11 is 5.82. The fraction of sp³-hybridized carbons (Fsp3) is 0.0769. The van der Waals surface area contributed by atoms with Crippen LogP contribution < -0.4 is 4.74 Å². The van der Waals surface area contributed by atoms with E-state index in [0.717, 1.165) is 5.56 Å². The van der Waals surface area contributed by atoms with Crippen molar-refractivity contribution in [1.29, 1.82) is 0 Å². The van der Waals surface area contributed by atoms with E-state index in [9.17, 15) is 4.79 Å². The number of pyridine rings is 1. The van der Waals surface area contributed by atoms with Gasteiger partial charge < -0.3 is 4.74 Å². The van der Waals surface area contributed by atoms with E-state index in [2.05, 4.69) is 4.98 Å². The van der Waals surface area contributed by atoms with Crippen molar-refractivity contribution in [1.82, 2.24) is 4.98 Å². The summed E-state index contributed by atoms with van der Waals surface area (Å²) in [6.07, 6.45) is 3.09. The zero-order chi connectivity index (χ0) is 12.3. The van der Waals surface area contributed by atoms with Crippen molar-refractivity contribution in [2.24, 2.45) is 0 Å². The molecule has 0 spiro atoms. The van der Waals surface area contributed by atoms with Gasteiger partial charge in [-0.15, -0.1) is 0 Å². The van der Waals surface area contributed by atoms with Crippen LogP contribution in [0.5, 0.6) is 5.75 Å². The number of hydrogen-bond donors (Lipinski definition) is 0. The normalized spacial score (nSPS) is 10.0. The molecule has 2 aromatic rings. The van der Waals surface area contributed by atoms with Crippen LogP contribution in [0.25, 0.3) is 0 Å². The van der Waals surface area contributed by atoms with E-state index in [-0.39, 0.29) is 0 Å². The molecule has 0 aliphatic rings. The van der Waals surface area contributed by atoms with Crippen LogP contribution in [0, 0.1) is 6.92 Å². The Morgan fingerprint density at radius 2 is 1.94 bits per heavy atom. The number of carbonyl (C=O) groups excluding carboxylic acids is 1. The van der Waals surface area contributed by atoms with Crippen LogP contribution in [0.2, 0.25) is 5.02 Å². The minimum Gasteiger partial charge on any atom is -0.423 e. The fourth-order valence-corrected chi connectivity index (χ4v) is 1.60. The van der Waals surface area contributed by atoms with Gasteiger partial charge in [0.05, 0.1) is 5.56 Å². The van der Waals surface area contributed by atoms with Gasteiger partial charge in [0.25, 0.3) is 0 Å². The number of aromatic nitrogens is 1. The minimum atomic E-state index is -0.405. The molecule has 0 radical (unpaired) electrons. The van der Waals surface area contributed by atoms with Gasteiger partial charge in [-0.25, -0.2) is 4.79 Å². The lowest BCUT2D eigenvalue weighted by Crippen LogP contribution is -2.09. The van der Waals surface area contributed by atoms with E-state index in [0.29, 0.717) is 16.3 Å². The lowest BCUT2D eigenvalue weighted by Gasteiger charge is -2.07. The lowest BCUT2D eigenvalue weighted by molar-refractivity contribution is 0.0733. The van der Waals surface area contributed by atoms with Gasteiger partial charge in [-0.05, 0) is 42.8 Å². The highest BCUT2D eigenvalue weighted by atomic mass is 35.5. The van der Waals surface area contributed by atoms with Gasteiger partial charge in [0, 0.05) is 17.4 Å². The van der Waals surface area contributed by atoms with Gasteiger partial charge in [-0.3, -0.25) is 4.98 Å². The Balaban J connectivity index is 2.19. The molecule has 0 aliphatic carbocycles. The molecule has 0 saturated heterocycles. The predicted molar refractivity (Wildman–Crippen MR) is 65.4 cm³/mol. The molecule has 0 fully saturated rings. The summed E-state index contributed by atoms with van der Waals surface area (Å²) in [5.41, 5.74) is 1.29. The number of benzene rings is 1. The molecule has 0 saturated carbocycles. The third-order valence-electron chi connectivity index (χ3n) is 2.26. The Labute approximate surface area is 104 Å². The summed E-state index contributed by atoms with van der Waals surface area (Å²) in [6, 6.07) is 8.32. The monoisotopic (exact) mass is 247 g/mol. The molecule has 1 aromatic carbocycles. The molecular formula is C13H10ClNO2. The molecule has 0 bridgehead atoms. The van der Waals surface area contributed by atoms with E-state index in [1.54, 1.807) is 42.7 Å². The second-order valence-corrected chi connectivity index (χ2v) is 3.97. The Morgan fingerprint density at radius 3 is 2.59 bits per heavy atom. The first-order chi connectivity index (χ1) is 8.16. The van der Waals surface area contributed by atoms with Crippen molar-refractivity contribution >= 4 is 17.6 Å². The molecule has 1 heterocycles. The van der Waals surface area contributed by atoms with E-state index < -0.39 is 5.97 Å². The number of aryl methyl sites for hydroxylation is 1. The minimum absolute atomic E-state index is 0.405. The van der Waals surface area contributed by atoms with Gasteiger partial charge in [0.15, 0.2) is 0 Å². The van der Waals surface area contributed by atoms with Crippen molar-refractivity contribution in [3.05, 3.63) is 58.9 Å². The average molecular weight is 248 g/mol. The van der Waals surface area contributed by atoms with Gasteiger partial charge in [-0.1, -0.05) is 11.6 Å². The van der Waals surface area contributed by atoms with Crippen molar-refractivity contribution < 1.29 is 9.53 Å². The van der Waals surface area contributed by atoms with Gasteiger partial charge in [-0.2, -0.15) is 0 Å². The molecule has 0 N–H and O–H groups in total. The maximum atomic E-state index is 11.8. The zero-order valence-electron chi connectivity index (χ0n) is 9.18. The third kappa shape index (κ3) is 2.82. The number of halogens is 1. The van der Waals surface area contributed by atoms with Crippen LogP contribution in [-0.4, -0.2) is 11.0 Å². The van der Waals surface area contributed by atoms with Crippen molar-refractivity contribution in [3.8, 4) is 5.75 Å². The summed E-state index contributed by atoms with van der Waals surface area (Å²) < 4.78 is 5.26. The summed E-state index contributed by atoms with van der Waals surface area (Å²) in [5.74, 6) is 0.106. The Bertz CT molecular complexity index is 540. The van der Waals surface area contributed by atoms with E-state index in [1.807, 2.05) is 6.92 Å². The van der Waals surface area contributed by atoms with Crippen LogP contribution in [0.4, 0.5) is 0 Å². The molecule has 4 heteroatoms. The summed E-state index contributed by atoms with van der Waals surface area (Å²) in [6.45, 7) is 1.83.